The van der Waals surface area contributed by atoms with Gasteiger partial charge in [0, 0.05) is 4.47 Å². The number of benzene rings is 1. The molecule has 0 aromatic heterocycles. The summed E-state index contributed by atoms with van der Waals surface area (Å²) < 4.78 is 51.0. The summed E-state index contributed by atoms with van der Waals surface area (Å²) in [4.78, 5) is 6.70. The molecule has 0 aliphatic heterocycles. The first-order chi connectivity index (χ1) is 8.61. The van der Waals surface area contributed by atoms with Crippen LogP contribution >= 0.6 is 15.9 Å². The topological polar surface area (TPSA) is 103 Å². The minimum atomic E-state index is -4.80. The van der Waals surface area contributed by atoms with Crippen LogP contribution in [0.25, 0.3) is 0 Å². The highest BCUT2D eigenvalue weighted by molar-refractivity contribution is 9.10. The van der Waals surface area contributed by atoms with E-state index in [0.29, 0.717) is 6.07 Å². The van der Waals surface area contributed by atoms with E-state index in [0.717, 1.165) is 6.07 Å². The van der Waals surface area contributed by atoms with Gasteiger partial charge < -0.3 is 17.2 Å². The third-order valence-electron chi connectivity index (χ3n) is 1.80. The van der Waals surface area contributed by atoms with Crippen molar-refractivity contribution in [3.63, 3.8) is 0 Å². The highest BCUT2D eigenvalue weighted by atomic mass is 79.9. The average molecular weight is 342 g/mol. The van der Waals surface area contributed by atoms with Crippen LogP contribution in [0, 0.1) is 5.82 Å². The largest absolute Gasteiger partial charge is 0.418 e. The maximum Gasteiger partial charge on any atom is 0.418 e. The Bertz CT molecular complexity index is 548. The molecular formula is C9H8BrF4N5. The van der Waals surface area contributed by atoms with E-state index in [1.807, 2.05) is 0 Å². The smallest absolute Gasteiger partial charge is 0.370 e. The van der Waals surface area contributed by atoms with Gasteiger partial charge in [0.15, 0.2) is 5.96 Å². The van der Waals surface area contributed by atoms with Gasteiger partial charge >= 0.3 is 6.18 Å². The maximum absolute atomic E-state index is 13.0. The molecule has 0 fully saturated rings. The van der Waals surface area contributed by atoms with Gasteiger partial charge in [0.05, 0.1) is 11.3 Å². The van der Waals surface area contributed by atoms with Gasteiger partial charge in [0.25, 0.3) is 0 Å². The third kappa shape index (κ3) is 4.09. The molecule has 0 aliphatic carbocycles. The van der Waals surface area contributed by atoms with Crippen LogP contribution in [0.2, 0.25) is 0 Å². The quantitative estimate of drug-likeness (QED) is 0.412. The van der Waals surface area contributed by atoms with Crippen LogP contribution in [0.3, 0.4) is 0 Å². The molecular weight excluding hydrogens is 334 g/mol. The van der Waals surface area contributed by atoms with Crippen molar-refractivity contribution in [3.8, 4) is 0 Å². The predicted octanol–water partition coefficient (Wildman–Crippen LogP) is 1.83. The van der Waals surface area contributed by atoms with Crippen LogP contribution in [0.1, 0.15) is 5.56 Å². The summed E-state index contributed by atoms with van der Waals surface area (Å²) in [5.41, 5.74) is 13.3. The van der Waals surface area contributed by atoms with Gasteiger partial charge in [-0.3, -0.25) is 0 Å². The van der Waals surface area contributed by atoms with E-state index in [2.05, 4.69) is 25.9 Å². The SMILES string of the molecule is NC(N)=NC(N)=Nc1c(Br)cc(F)cc1C(F)(F)F. The molecule has 1 aromatic rings. The lowest BCUT2D eigenvalue weighted by Gasteiger charge is -2.11. The fourth-order valence-corrected chi connectivity index (χ4v) is 1.69. The summed E-state index contributed by atoms with van der Waals surface area (Å²) in [5, 5.41) is 0. The van der Waals surface area contributed by atoms with E-state index in [4.69, 9.17) is 17.2 Å². The van der Waals surface area contributed by atoms with Gasteiger partial charge in [-0.25, -0.2) is 9.38 Å². The zero-order chi connectivity index (χ0) is 14.8. The van der Waals surface area contributed by atoms with Crippen LogP contribution in [-0.2, 0) is 6.18 Å². The summed E-state index contributed by atoms with van der Waals surface area (Å²) in [6.07, 6.45) is -4.80. The van der Waals surface area contributed by atoms with E-state index in [1.165, 1.54) is 0 Å². The summed E-state index contributed by atoms with van der Waals surface area (Å²) in [7, 11) is 0. The summed E-state index contributed by atoms with van der Waals surface area (Å²) >= 11 is 2.77. The lowest BCUT2D eigenvalue weighted by atomic mass is 10.1. The lowest BCUT2D eigenvalue weighted by molar-refractivity contribution is -0.137. The van der Waals surface area contributed by atoms with Crippen LogP contribution in [0.4, 0.5) is 23.2 Å². The minimum absolute atomic E-state index is 0.228. The molecule has 10 heteroatoms. The summed E-state index contributed by atoms with van der Waals surface area (Å²) in [6.45, 7) is 0. The van der Waals surface area contributed by atoms with Crippen molar-refractivity contribution >= 4 is 33.5 Å². The molecule has 5 nitrogen and oxygen atoms in total. The average Bonchev–Trinajstić information content (AvgIpc) is 2.18. The first-order valence-corrected chi connectivity index (χ1v) is 5.40. The van der Waals surface area contributed by atoms with Crippen molar-refractivity contribution in [1.29, 1.82) is 0 Å². The molecule has 1 rings (SSSR count). The third-order valence-corrected chi connectivity index (χ3v) is 2.41. The molecule has 0 amide bonds. The molecule has 0 saturated heterocycles. The van der Waals surface area contributed by atoms with Gasteiger partial charge in [0.1, 0.15) is 5.82 Å². The van der Waals surface area contributed by atoms with E-state index < -0.39 is 35.2 Å². The van der Waals surface area contributed by atoms with Crippen LogP contribution in [0.15, 0.2) is 26.6 Å². The van der Waals surface area contributed by atoms with E-state index >= 15 is 0 Å². The summed E-state index contributed by atoms with van der Waals surface area (Å²) in [6, 6.07) is 1.11. The van der Waals surface area contributed by atoms with E-state index in [1.54, 1.807) is 0 Å². The zero-order valence-corrected chi connectivity index (χ0v) is 10.8. The number of guanidine groups is 2. The Hall–Kier alpha value is -1.84. The monoisotopic (exact) mass is 341 g/mol. The van der Waals surface area contributed by atoms with Crippen LogP contribution in [-0.4, -0.2) is 11.9 Å². The number of hydrogen-bond acceptors (Lipinski definition) is 1. The van der Waals surface area contributed by atoms with Gasteiger partial charge in [-0.15, -0.1) is 0 Å². The standard InChI is InChI=1S/C9H8BrF4N5/c10-5-2-3(11)1-4(9(12,13)14)6(5)18-8(17)19-7(15)16/h1-2H,(H6,15,16,17,18,19). The summed E-state index contributed by atoms with van der Waals surface area (Å²) in [5.74, 6) is -2.12. The molecule has 19 heavy (non-hydrogen) atoms. The van der Waals surface area contributed by atoms with Gasteiger partial charge in [-0.05, 0) is 28.1 Å². The Kier molecular flexibility index (Phi) is 4.35. The normalized spacial score (nSPS) is 12.4. The van der Waals surface area contributed by atoms with Crippen molar-refractivity contribution in [3.05, 3.63) is 28.0 Å². The number of nitrogens with zero attached hydrogens (tertiary/aromatic N) is 2. The minimum Gasteiger partial charge on any atom is -0.370 e. The Balaban J connectivity index is 3.47. The first-order valence-electron chi connectivity index (χ1n) is 4.61. The number of aliphatic imine (C=N–C) groups is 2. The number of rotatable bonds is 1. The fraction of sp³-hybridized carbons (Fsp3) is 0.111. The van der Waals surface area contributed by atoms with E-state index in [-0.39, 0.29) is 4.47 Å². The van der Waals surface area contributed by atoms with E-state index in [9.17, 15) is 17.6 Å². The van der Waals surface area contributed by atoms with Crippen molar-refractivity contribution < 1.29 is 17.6 Å². The molecule has 0 saturated carbocycles. The molecule has 0 radical (unpaired) electrons. The van der Waals surface area contributed by atoms with Gasteiger partial charge in [0.2, 0.25) is 5.96 Å². The Morgan fingerprint density at radius 1 is 1.16 bits per heavy atom. The Morgan fingerprint density at radius 3 is 2.21 bits per heavy atom. The maximum atomic E-state index is 13.0. The second-order valence-electron chi connectivity index (χ2n) is 3.29. The van der Waals surface area contributed by atoms with Crippen LogP contribution in [0.5, 0.6) is 0 Å². The van der Waals surface area contributed by atoms with Gasteiger partial charge in [-0.2, -0.15) is 18.2 Å². The Labute approximate surface area is 113 Å². The number of halogens is 5. The highest BCUT2D eigenvalue weighted by Gasteiger charge is 2.35. The van der Waals surface area contributed by atoms with Crippen molar-refractivity contribution in [2.75, 3.05) is 0 Å². The molecule has 104 valence electrons. The molecule has 0 spiro atoms. The van der Waals surface area contributed by atoms with Crippen molar-refractivity contribution in [2.24, 2.45) is 27.2 Å². The molecule has 0 bridgehead atoms. The molecule has 0 heterocycles. The van der Waals surface area contributed by atoms with Gasteiger partial charge in [-0.1, -0.05) is 0 Å². The number of hydrogen-bond donors (Lipinski definition) is 3. The number of nitrogens with two attached hydrogens (primary N) is 3. The zero-order valence-electron chi connectivity index (χ0n) is 9.17. The fourth-order valence-electron chi connectivity index (χ4n) is 1.17. The molecule has 0 aliphatic rings. The van der Waals surface area contributed by atoms with Crippen LogP contribution < -0.4 is 17.2 Å². The Morgan fingerprint density at radius 2 is 1.74 bits per heavy atom. The molecule has 6 N–H and O–H groups in total. The van der Waals surface area contributed by atoms with Crippen molar-refractivity contribution in [1.82, 2.24) is 0 Å². The molecule has 0 atom stereocenters. The lowest BCUT2D eigenvalue weighted by Crippen LogP contribution is -2.26. The predicted molar refractivity (Wildman–Crippen MR) is 66.2 cm³/mol. The second kappa shape index (κ2) is 5.43. The molecule has 0 unspecified atom stereocenters. The molecule has 1 aromatic carbocycles. The van der Waals surface area contributed by atoms with Crippen molar-refractivity contribution in [2.45, 2.75) is 6.18 Å². The number of alkyl halides is 3. The second-order valence-corrected chi connectivity index (χ2v) is 4.14. The highest BCUT2D eigenvalue weighted by Crippen LogP contribution is 2.41. The first kappa shape index (κ1) is 15.2.